The molecule has 1 amide bonds. The molecule has 3 rings (SSSR count). The van der Waals surface area contributed by atoms with E-state index in [2.05, 4.69) is 9.97 Å². The highest BCUT2D eigenvalue weighted by Gasteiger charge is 2.47. The number of hydrogen-bond acceptors (Lipinski definition) is 7. The lowest BCUT2D eigenvalue weighted by Gasteiger charge is -2.46. The molecule has 0 unspecified atom stereocenters. The Bertz CT molecular complexity index is 974. The van der Waals surface area contributed by atoms with Crippen molar-refractivity contribution in [2.24, 2.45) is 5.73 Å². The summed E-state index contributed by atoms with van der Waals surface area (Å²) >= 11 is 1.64. The Hall–Kier alpha value is -2.53. The van der Waals surface area contributed by atoms with Crippen molar-refractivity contribution in [3.63, 3.8) is 0 Å². The van der Waals surface area contributed by atoms with Gasteiger partial charge in [-0.3, -0.25) is 4.90 Å². The van der Waals surface area contributed by atoms with Crippen molar-refractivity contribution in [1.29, 1.82) is 0 Å². The monoisotopic (exact) mass is 484 g/mol. The number of thioether (sulfide) groups is 1. The van der Waals surface area contributed by atoms with Gasteiger partial charge in [0.2, 0.25) is 0 Å². The van der Waals surface area contributed by atoms with Crippen molar-refractivity contribution in [3.8, 4) is 5.75 Å². The Kier molecular flexibility index (Phi) is 7.73. The van der Waals surface area contributed by atoms with Crippen LogP contribution in [0.15, 0.2) is 30.6 Å². The first kappa shape index (κ1) is 25.1. The van der Waals surface area contributed by atoms with E-state index in [4.69, 9.17) is 15.2 Å². The first-order valence-electron chi connectivity index (χ1n) is 10.5. The van der Waals surface area contributed by atoms with Crippen molar-refractivity contribution in [2.45, 2.75) is 44.4 Å². The number of nitrogens with zero attached hydrogens (tertiary/aromatic N) is 3. The molecule has 0 radical (unpaired) electrons. The zero-order chi connectivity index (χ0) is 24.2. The van der Waals surface area contributed by atoms with Gasteiger partial charge in [-0.15, -0.1) is 0 Å². The van der Waals surface area contributed by atoms with E-state index in [0.717, 1.165) is 17.9 Å². The van der Waals surface area contributed by atoms with Gasteiger partial charge in [0.25, 0.3) is 0 Å². The van der Waals surface area contributed by atoms with Gasteiger partial charge in [-0.2, -0.15) is 24.9 Å². The van der Waals surface area contributed by atoms with Crippen molar-refractivity contribution in [2.75, 3.05) is 30.1 Å². The molecule has 7 nitrogen and oxygen atoms in total. The molecular weight excluding hydrogens is 457 g/mol. The number of ether oxygens (including phenoxy) is 2. The fourth-order valence-corrected chi connectivity index (χ4v) is 4.08. The zero-order valence-electron chi connectivity index (χ0n) is 18.7. The molecule has 1 aromatic carbocycles. The maximum absolute atomic E-state index is 13.5. The molecule has 2 heterocycles. The average Bonchev–Trinajstić information content (AvgIpc) is 2.78. The summed E-state index contributed by atoms with van der Waals surface area (Å²) < 4.78 is 51.3. The minimum absolute atomic E-state index is 0.107. The van der Waals surface area contributed by atoms with Crippen LogP contribution in [0.25, 0.3) is 0 Å². The highest BCUT2D eigenvalue weighted by Crippen LogP contribution is 2.47. The fraction of sp³-hybridized carbons (Fsp3) is 0.500. The summed E-state index contributed by atoms with van der Waals surface area (Å²) in [5.41, 5.74) is 5.13. The molecule has 11 heteroatoms. The lowest BCUT2D eigenvalue weighted by atomic mass is 9.80. The minimum atomic E-state index is -4.55. The summed E-state index contributed by atoms with van der Waals surface area (Å²) in [7, 11) is 0. The summed E-state index contributed by atoms with van der Waals surface area (Å²) in [6, 6.07) is 3.24. The topological polar surface area (TPSA) is 90.6 Å². The molecule has 33 heavy (non-hydrogen) atoms. The first-order valence-corrected chi connectivity index (χ1v) is 11.9. The predicted octanol–water partition coefficient (Wildman–Crippen LogP) is 4.80. The van der Waals surface area contributed by atoms with Gasteiger partial charge < -0.3 is 15.2 Å². The number of amides is 1. The van der Waals surface area contributed by atoms with Crippen molar-refractivity contribution in [1.82, 2.24) is 9.97 Å². The second-order valence-corrected chi connectivity index (χ2v) is 8.62. The number of fused-ring (bicyclic) bond motifs is 1. The Morgan fingerprint density at radius 3 is 2.58 bits per heavy atom. The molecule has 1 aliphatic heterocycles. The molecule has 180 valence electrons. The summed E-state index contributed by atoms with van der Waals surface area (Å²) in [4.78, 5) is 22.8. The normalized spacial score (nSPS) is 20.3. The van der Waals surface area contributed by atoms with Crippen molar-refractivity contribution < 1.29 is 27.4 Å². The lowest BCUT2D eigenvalue weighted by molar-refractivity contribution is -0.137. The van der Waals surface area contributed by atoms with Crippen LogP contribution in [0, 0.1) is 0 Å². The molecular formula is C22H27F3N4O3S. The molecule has 2 N–H and O–H groups in total. The van der Waals surface area contributed by atoms with Crippen molar-refractivity contribution >= 4 is 23.5 Å². The highest BCUT2D eigenvalue weighted by atomic mass is 32.2. The first-order chi connectivity index (χ1) is 15.6. The van der Waals surface area contributed by atoms with Gasteiger partial charge in [-0.25, -0.2) is 14.8 Å². The quantitative estimate of drug-likeness (QED) is 0.565. The molecule has 0 spiro atoms. The van der Waals surface area contributed by atoms with Gasteiger partial charge in [0.15, 0.2) is 5.75 Å². The van der Waals surface area contributed by atoms with Crippen LogP contribution in [0.3, 0.4) is 0 Å². The van der Waals surface area contributed by atoms with Gasteiger partial charge in [0, 0.05) is 11.7 Å². The minimum Gasteiger partial charge on any atom is -0.489 e. The SMILES string of the molecule is CCOC(=O)N1c2ccc(C(F)(F)F)cc2[C@@H](c2ncc(OCCSC)cn2)C[C@@]1(N)CC. The number of aromatic nitrogens is 2. The molecule has 0 saturated carbocycles. The number of carbonyl (C=O) groups is 1. The van der Waals surface area contributed by atoms with Crippen LogP contribution in [0.5, 0.6) is 5.75 Å². The van der Waals surface area contributed by atoms with E-state index in [0.29, 0.717) is 24.6 Å². The van der Waals surface area contributed by atoms with Crippen LogP contribution < -0.4 is 15.4 Å². The van der Waals surface area contributed by atoms with Gasteiger partial charge in [0.1, 0.15) is 11.5 Å². The molecule has 2 aromatic rings. The summed E-state index contributed by atoms with van der Waals surface area (Å²) in [5, 5.41) is 0. The third kappa shape index (κ3) is 5.35. The number of rotatable bonds is 7. The van der Waals surface area contributed by atoms with Gasteiger partial charge >= 0.3 is 12.3 Å². The second kappa shape index (κ2) is 10.2. The van der Waals surface area contributed by atoms with Crippen LogP contribution in [0.1, 0.15) is 49.6 Å². The molecule has 0 bridgehead atoms. The molecule has 1 aliphatic rings. The van der Waals surface area contributed by atoms with E-state index in [9.17, 15) is 18.0 Å². The second-order valence-electron chi connectivity index (χ2n) is 7.64. The standard InChI is InChI=1S/C22H27F3N4O3S/c1-4-21(26)11-17(19-27-12-15(13-28-19)32-8-9-33-3)16-10-14(22(23,24)25)6-7-18(16)29(21)20(30)31-5-2/h6-7,10,12-13,17H,4-5,8-9,11,26H2,1-3H3/t17-,21+/m0/s1. The predicted molar refractivity (Wildman–Crippen MR) is 121 cm³/mol. The highest BCUT2D eigenvalue weighted by molar-refractivity contribution is 7.98. The Balaban J connectivity index is 2.09. The summed E-state index contributed by atoms with van der Waals surface area (Å²) in [5.74, 6) is 0.918. The van der Waals surface area contributed by atoms with E-state index >= 15 is 0 Å². The van der Waals surface area contributed by atoms with Crippen LogP contribution >= 0.6 is 11.8 Å². The van der Waals surface area contributed by atoms with Crippen LogP contribution in [-0.2, 0) is 10.9 Å². The van der Waals surface area contributed by atoms with E-state index in [-0.39, 0.29) is 24.3 Å². The zero-order valence-corrected chi connectivity index (χ0v) is 19.5. The van der Waals surface area contributed by atoms with Gasteiger partial charge in [-0.05, 0) is 49.8 Å². The third-order valence-corrected chi connectivity index (χ3v) is 6.13. The number of hydrogen-bond donors (Lipinski definition) is 1. The van der Waals surface area contributed by atoms with Gasteiger partial charge in [0.05, 0.1) is 36.9 Å². The third-order valence-electron chi connectivity index (χ3n) is 5.55. The molecule has 1 aromatic heterocycles. The maximum Gasteiger partial charge on any atom is 0.416 e. The number of benzene rings is 1. The Morgan fingerprint density at radius 2 is 2.00 bits per heavy atom. The smallest absolute Gasteiger partial charge is 0.416 e. The van der Waals surface area contributed by atoms with Crippen molar-refractivity contribution in [3.05, 3.63) is 47.5 Å². The molecule has 2 atom stereocenters. The largest absolute Gasteiger partial charge is 0.489 e. The summed E-state index contributed by atoms with van der Waals surface area (Å²) in [6.07, 6.45) is 0.175. The number of nitrogens with two attached hydrogens (primary N) is 1. The van der Waals surface area contributed by atoms with Crippen LogP contribution in [0.4, 0.5) is 23.7 Å². The summed E-state index contributed by atoms with van der Waals surface area (Å²) in [6.45, 7) is 4.05. The lowest BCUT2D eigenvalue weighted by Crippen LogP contribution is -2.61. The van der Waals surface area contributed by atoms with Crippen LogP contribution in [0.2, 0.25) is 0 Å². The number of carbonyl (C=O) groups excluding carboxylic acids is 1. The van der Waals surface area contributed by atoms with Gasteiger partial charge in [-0.1, -0.05) is 6.92 Å². The Morgan fingerprint density at radius 1 is 1.30 bits per heavy atom. The molecule has 0 fully saturated rings. The molecule has 0 saturated heterocycles. The number of halogens is 3. The van der Waals surface area contributed by atoms with E-state index in [1.54, 1.807) is 18.7 Å². The fourth-order valence-electron chi connectivity index (χ4n) is 3.83. The Labute approximate surface area is 194 Å². The van der Waals surface area contributed by atoms with E-state index < -0.39 is 29.4 Å². The van der Waals surface area contributed by atoms with Crippen LogP contribution in [-0.4, -0.2) is 46.9 Å². The van der Waals surface area contributed by atoms with E-state index in [1.165, 1.54) is 23.4 Å². The molecule has 0 aliphatic carbocycles. The number of anilines is 1. The number of alkyl halides is 3. The maximum atomic E-state index is 13.5. The van der Waals surface area contributed by atoms with E-state index in [1.807, 2.05) is 13.2 Å². The average molecular weight is 485 g/mol.